The molecule has 1 aliphatic carbocycles. The third kappa shape index (κ3) is 1.66. The van der Waals surface area contributed by atoms with Crippen molar-refractivity contribution < 1.29 is 9.59 Å². The molecular weight excluding hydrogens is 252 g/mol. The van der Waals surface area contributed by atoms with Crippen molar-refractivity contribution in [1.29, 1.82) is 0 Å². The highest BCUT2D eigenvalue weighted by atomic mass is 16.2. The van der Waals surface area contributed by atoms with Crippen LogP contribution in [0.5, 0.6) is 0 Å². The number of amides is 2. The Kier molecular flexibility index (Phi) is 3.23. The Morgan fingerprint density at radius 3 is 1.85 bits per heavy atom. The van der Waals surface area contributed by atoms with Crippen LogP contribution in [0.15, 0.2) is 0 Å². The van der Waals surface area contributed by atoms with Crippen LogP contribution in [-0.4, -0.2) is 34.3 Å². The zero-order valence-corrected chi connectivity index (χ0v) is 13.8. The average molecular weight is 280 g/mol. The van der Waals surface area contributed by atoms with Gasteiger partial charge in [-0.15, -0.1) is 0 Å². The highest BCUT2D eigenvalue weighted by Gasteiger charge is 2.70. The number of carbonyl (C=O) groups is 2. The highest BCUT2D eigenvalue weighted by Crippen LogP contribution is 2.66. The summed E-state index contributed by atoms with van der Waals surface area (Å²) in [6.07, 6.45) is 1.29. The molecule has 1 aliphatic heterocycles. The number of hydrogen-bond donors (Lipinski definition) is 1. The van der Waals surface area contributed by atoms with Gasteiger partial charge in [0.05, 0.1) is 0 Å². The molecule has 1 N–H and O–H groups in total. The van der Waals surface area contributed by atoms with E-state index in [-0.39, 0.29) is 34.7 Å². The number of nitrogens with one attached hydrogen (secondary N) is 1. The molecule has 0 aromatic rings. The monoisotopic (exact) mass is 280 g/mol. The second-order valence-corrected chi connectivity index (χ2v) is 7.51. The summed E-state index contributed by atoms with van der Waals surface area (Å²) in [6, 6.07) is -0.235. The molecule has 1 atom stereocenters. The van der Waals surface area contributed by atoms with Gasteiger partial charge in [-0.1, -0.05) is 41.5 Å². The smallest absolute Gasteiger partial charge is 0.249 e. The van der Waals surface area contributed by atoms with E-state index >= 15 is 0 Å². The predicted molar refractivity (Wildman–Crippen MR) is 79.1 cm³/mol. The lowest BCUT2D eigenvalue weighted by atomic mass is 9.87. The minimum atomic E-state index is -0.710. The lowest BCUT2D eigenvalue weighted by molar-refractivity contribution is -0.156. The fourth-order valence-corrected chi connectivity index (χ4v) is 3.87. The Labute approximate surface area is 122 Å². The van der Waals surface area contributed by atoms with E-state index < -0.39 is 5.54 Å². The molecule has 1 unspecified atom stereocenters. The van der Waals surface area contributed by atoms with Crippen molar-refractivity contribution in [2.75, 3.05) is 0 Å². The van der Waals surface area contributed by atoms with Crippen LogP contribution < -0.4 is 5.32 Å². The van der Waals surface area contributed by atoms with Crippen molar-refractivity contribution in [3.8, 4) is 0 Å². The molecule has 0 spiro atoms. The molecule has 0 radical (unpaired) electrons. The Balaban J connectivity index is 2.41. The number of rotatable bonds is 3. The number of piperazine rings is 1. The number of nitrogens with zero attached hydrogens (tertiary/aromatic N) is 1. The molecule has 114 valence electrons. The van der Waals surface area contributed by atoms with Crippen LogP contribution >= 0.6 is 0 Å². The SMILES string of the molecule is CCC1(CC)NC(=O)C(C)N(C2C(C)(C)C2(C)C)C1=O. The molecule has 1 saturated carbocycles. The van der Waals surface area contributed by atoms with E-state index in [1.807, 2.05) is 25.7 Å². The van der Waals surface area contributed by atoms with Crippen molar-refractivity contribution in [2.45, 2.75) is 78.9 Å². The lowest BCUT2D eigenvalue weighted by Crippen LogP contribution is -2.70. The molecule has 2 rings (SSSR count). The normalized spacial score (nSPS) is 31.1. The van der Waals surface area contributed by atoms with Gasteiger partial charge < -0.3 is 10.2 Å². The fraction of sp³-hybridized carbons (Fsp3) is 0.875. The third-order valence-corrected chi connectivity index (χ3v) is 6.23. The van der Waals surface area contributed by atoms with Gasteiger partial charge in [-0.05, 0) is 30.6 Å². The summed E-state index contributed by atoms with van der Waals surface area (Å²) in [4.78, 5) is 27.2. The van der Waals surface area contributed by atoms with Crippen LogP contribution in [0.2, 0.25) is 0 Å². The van der Waals surface area contributed by atoms with Gasteiger partial charge in [0.1, 0.15) is 11.6 Å². The average Bonchev–Trinajstić information content (AvgIpc) is 2.77. The van der Waals surface area contributed by atoms with E-state index in [1.54, 1.807) is 0 Å². The quantitative estimate of drug-likeness (QED) is 0.862. The molecule has 1 saturated heterocycles. The lowest BCUT2D eigenvalue weighted by Gasteiger charge is -2.45. The Bertz CT molecular complexity index is 435. The molecule has 0 aromatic heterocycles. The molecule has 0 aromatic carbocycles. The Morgan fingerprint density at radius 1 is 1.05 bits per heavy atom. The van der Waals surface area contributed by atoms with Gasteiger partial charge in [-0.25, -0.2) is 0 Å². The van der Waals surface area contributed by atoms with Gasteiger partial charge in [0.15, 0.2) is 0 Å². The zero-order valence-electron chi connectivity index (χ0n) is 13.8. The Hall–Kier alpha value is -1.06. The second-order valence-electron chi connectivity index (χ2n) is 7.51. The van der Waals surface area contributed by atoms with Crippen molar-refractivity contribution in [3.05, 3.63) is 0 Å². The molecule has 20 heavy (non-hydrogen) atoms. The maximum absolute atomic E-state index is 13.0. The highest BCUT2D eigenvalue weighted by molar-refractivity contribution is 6.00. The van der Waals surface area contributed by atoms with Crippen LogP contribution in [0.4, 0.5) is 0 Å². The first kappa shape index (κ1) is 15.3. The molecule has 0 bridgehead atoms. The predicted octanol–water partition coefficient (Wildman–Crippen LogP) is 2.33. The van der Waals surface area contributed by atoms with Crippen molar-refractivity contribution in [3.63, 3.8) is 0 Å². The topological polar surface area (TPSA) is 49.4 Å². The number of hydrogen-bond acceptors (Lipinski definition) is 2. The standard InChI is InChI=1S/C16H28N2O2/c1-8-16(9-2)13(20)18(10(3)11(19)17-16)12-14(4,5)15(12,6)7/h10,12H,8-9H2,1-7H3,(H,17,19). The van der Waals surface area contributed by atoms with Crippen LogP contribution in [0.25, 0.3) is 0 Å². The van der Waals surface area contributed by atoms with Crippen molar-refractivity contribution in [1.82, 2.24) is 10.2 Å². The van der Waals surface area contributed by atoms with Crippen LogP contribution in [0.1, 0.15) is 61.3 Å². The first-order chi connectivity index (χ1) is 9.06. The van der Waals surface area contributed by atoms with Gasteiger partial charge in [0, 0.05) is 6.04 Å². The molecule has 2 fully saturated rings. The largest absolute Gasteiger partial charge is 0.340 e. The van der Waals surface area contributed by atoms with Crippen molar-refractivity contribution in [2.24, 2.45) is 10.8 Å². The number of carbonyl (C=O) groups excluding carboxylic acids is 2. The molecule has 2 amide bonds. The molecule has 2 aliphatic rings. The molecular formula is C16H28N2O2. The van der Waals surface area contributed by atoms with Crippen LogP contribution in [0.3, 0.4) is 0 Å². The van der Waals surface area contributed by atoms with E-state index in [0.29, 0.717) is 12.8 Å². The van der Waals surface area contributed by atoms with Gasteiger partial charge >= 0.3 is 0 Å². The van der Waals surface area contributed by atoms with Crippen LogP contribution in [0, 0.1) is 10.8 Å². The van der Waals surface area contributed by atoms with Gasteiger partial charge in [0.25, 0.3) is 0 Å². The first-order valence-electron chi connectivity index (χ1n) is 7.71. The Morgan fingerprint density at radius 2 is 1.50 bits per heavy atom. The first-order valence-corrected chi connectivity index (χ1v) is 7.71. The van der Waals surface area contributed by atoms with E-state index in [2.05, 4.69) is 33.0 Å². The summed E-state index contributed by atoms with van der Waals surface area (Å²) in [5.41, 5.74) is -0.595. The van der Waals surface area contributed by atoms with E-state index in [0.717, 1.165) is 0 Å². The molecule has 4 nitrogen and oxygen atoms in total. The maximum atomic E-state index is 13.0. The maximum Gasteiger partial charge on any atom is 0.249 e. The molecule has 4 heteroatoms. The van der Waals surface area contributed by atoms with E-state index in [1.165, 1.54) is 0 Å². The van der Waals surface area contributed by atoms with Crippen LogP contribution in [-0.2, 0) is 9.59 Å². The third-order valence-electron chi connectivity index (χ3n) is 6.23. The van der Waals surface area contributed by atoms with Crippen molar-refractivity contribution >= 4 is 11.8 Å². The molecule has 1 heterocycles. The van der Waals surface area contributed by atoms with Gasteiger partial charge in [-0.2, -0.15) is 0 Å². The summed E-state index contributed by atoms with van der Waals surface area (Å²) in [5, 5.41) is 2.97. The fourth-order valence-electron chi connectivity index (χ4n) is 3.87. The summed E-state index contributed by atoms with van der Waals surface area (Å²) >= 11 is 0. The van der Waals surface area contributed by atoms with Gasteiger partial charge in [0.2, 0.25) is 11.8 Å². The zero-order chi connectivity index (χ0) is 15.5. The van der Waals surface area contributed by atoms with E-state index in [9.17, 15) is 9.59 Å². The summed E-state index contributed by atoms with van der Waals surface area (Å²) in [5.74, 6) is 0.0741. The summed E-state index contributed by atoms with van der Waals surface area (Å²) in [6.45, 7) is 14.5. The summed E-state index contributed by atoms with van der Waals surface area (Å²) in [7, 11) is 0. The van der Waals surface area contributed by atoms with E-state index in [4.69, 9.17) is 0 Å². The minimum Gasteiger partial charge on any atom is -0.340 e. The second kappa shape index (κ2) is 4.22. The van der Waals surface area contributed by atoms with Gasteiger partial charge in [-0.3, -0.25) is 9.59 Å². The minimum absolute atomic E-state index is 0.0215. The summed E-state index contributed by atoms with van der Waals surface area (Å²) < 4.78 is 0.